The summed E-state index contributed by atoms with van der Waals surface area (Å²) in [6.45, 7) is 0. The molecule has 0 bridgehead atoms. The van der Waals surface area contributed by atoms with Crippen LogP contribution in [-0.4, -0.2) is 11.1 Å². The van der Waals surface area contributed by atoms with Crippen LogP contribution in [0.15, 0.2) is 18.2 Å². The fourth-order valence-corrected chi connectivity index (χ4v) is 1.54. The normalized spacial score (nSPS) is 27.2. The van der Waals surface area contributed by atoms with E-state index < -0.39 is 0 Å². The zero-order chi connectivity index (χ0) is 8.72. The summed E-state index contributed by atoms with van der Waals surface area (Å²) in [7, 11) is 0. The van der Waals surface area contributed by atoms with Crippen molar-refractivity contribution in [3.8, 4) is 5.75 Å². The van der Waals surface area contributed by atoms with E-state index in [0.29, 0.717) is 10.9 Å². The Kier molecular flexibility index (Phi) is 1.74. The molecule has 0 saturated heterocycles. The van der Waals surface area contributed by atoms with Crippen LogP contribution in [0.2, 0.25) is 5.02 Å². The Labute approximate surface area is 76.0 Å². The molecular formula is C9H10ClNO. The minimum absolute atomic E-state index is 0.134. The predicted molar refractivity (Wildman–Crippen MR) is 48.5 cm³/mol. The lowest BCUT2D eigenvalue weighted by Crippen LogP contribution is -2.00. The van der Waals surface area contributed by atoms with E-state index in [0.717, 1.165) is 12.0 Å². The fourth-order valence-electron chi connectivity index (χ4n) is 1.35. The summed E-state index contributed by atoms with van der Waals surface area (Å²) in [5, 5.41) is 9.56. The predicted octanol–water partition coefficient (Wildman–Crippen LogP) is 1.86. The Morgan fingerprint density at radius 2 is 2.17 bits per heavy atom. The van der Waals surface area contributed by atoms with E-state index in [1.807, 2.05) is 6.07 Å². The summed E-state index contributed by atoms with van der Waals surface area (Å²) in [6.07, 6.45) is 1.03. The van der Waals surface area contributed by atoms with Gasteiger partial charge < -0.3 is 10.8 Å². The van der Waals surface area contributed by atoms with Crippen LogP contribution < -0.4 is 5.73 Å². The van der Waals surface area contributed by atoms with Crippen molar-refractivity contribution in [1.29, 1.82) is 0 Å². The number of hydrogen-bond donors (Lipinski definition) is 2. The highest BCUT2D eigenvalue weighted by molar-refractivity contribution is 6.32. The van der Waals surface area contributed by atoms with Crippen LogP contribution in [0.25, 0.3) is 0 Å². The maximum Gasteiger partial charge on any atom is 0.134 e. The van der Waals surface area contributed by atoms with Crippen LogP contribution in [-0.2, 0) is 0 Å². The highest BCUT2D eigenvalue weighted by atomic mass is 35.5. The van der Waals surface area contributed by atoms with Gasteiger partial charge in [-0.3, -0.25) is 0 Å². The second-order valence-corrected chi connectivity index (χ2v) is 3.62. The summed E-state index contributed by atoms with van der Waals surface area (Å²) in [6, 6.07) is 5.56. The van der Waals surface area contributed by atoms with Gasteiger partial charge in [0.05, 0.1) is 5.02 Å². The van der Waals surface area contributed by atoms with Crippen molar-refractivity contribution in [2.24, 2.45) is 5.73 Å². The third-order valence-corrected chi connectivity index (χ3v) is 2.54. The maximum atomic E-state index is 9.15. The number of phenols is 1. The lowest BCUT2D eigenvalue weighted by atomic mass is 10.1. The molecule has 12 heavy (non-hydrogen) atoms. The lowest BCUT2D eigenvalue weighted by molar-refractivity contribution is 0.475. The molecule has 2 rings (SSSR count). The minimum atomic E-state index is 0.134. The number of halogens is 1. The SMILES string of the molecule is NC1CC1c1ccc(O)c(Cl)c1. The molecule has 0 amide bonds. The summed E-state index contributed by atoms with van der Waals surface area (Å²) < 4.78 is 0. The molecule has 3 heteroatoms. The van der Waals surface area contributed by atoms with Gasteiger partial charge in [0.1, 0.15) is 5.75 Å². The molecule has 1 fully saturated rings. The van der Waals surface area contributed by atoms with Crippen molar-refractivity contribution in [2.75, 3.05) is 0 Å². The number of aromatic hydroxyl groups is 1. The van der Waals surface area contributed by atoms with Gasteiger partial charge in [-0.05, 0) is 24.1 Å². The first-order valence-electron chi connectivity index (χ1n) is 3.92. The molecule has 3 N–H and O–H groups in total. The first kappa shape index (κ1) is 7.90. The van der Waals surface area contributed by atoms with Gasteiger partial charge >= 0.3 is 0 Å². The zero-order valence-electron chi connectivity index (χ0n) is 6.50. The molecule has 0 heterocycles. The van der Waals surface area contributed by atoms with E-state index in [4.69, 9.17) is 22.4 Å². The number of benzene rings is 1. The Morgan fingerprint density at radius 1 is 1.50 bits per heavy atom. The molecular weight excluding hydrogens is 174 g/mol. The van der Waals surface area contributed by atoms with E-state index in [2.05, 4.69) is 0 Å². The van der Waals surface area contributed by atoms with Crippen molar-refractivity contribution in [2.45, 2.75) is 18.4 Å². The molecule has 0 aromatic heterocycles. The van der Waals surface area contributed by atoms with Gasteiger partial charge in [0.2, 0.25) is 0 Å². The van der Waals surface area contributed by atoms with Crippen LogP contribution in [0.3, 0.4) is 0 Å². The smallest absolute Gasteiger partial charge is 0.134 e. The number of nitrogens with two attached hydrogens (primary N) is 1. The van der Waals surface area contributed by atoms with Crippen LogP contribution in [0.4, 0.5) is 0 Å². The Morgan fingerprint density at radius 3 is 2.67 bits per heavy atom. The maximum absolute atomic E-state index is 9.15. The minimum Gasteiger partial charge on any atom is -0.506 e. The summed E-state index contributed by atoms with van der Waals surface area (Å²) in [4.78, 5) is 0. The topological polar surface area (TPSA) is 46.2 Å². The molecule has 1 aliphatic rings. The zero-order valence-corrected chi connectivity index (χ0v) is 7.25. The van der Waals surface area contributed by atoms with Gasteiger partial charge in [0, 0.05) is 12.0 Å². The molecule has 1 saturated carbocycles. The average molecular weight is 184 g/mol. The Bertz CT molecular complexity index is 313. The van der Waals surface area contributed by atoms with Crippen LogP contribution >= 0.6 is 11.6 Å². The van der Waals surface area contributed by atoms with Crippen LogP contribution in [0.1, 0.15) is 17.9 Å². The first-order chi connectivity index (χ1) is 5.68. The van der Waals surface area contributed by atoms with Gasteiger partial charge in [0.25, 0.3) is 0 Å². The van der Waals surface area contributed by atoms with Crippen molar-refractivity contribution < 1.29 is 5.11 Å². The summed E-state index contributed by atoms with van der Waals surface area (Å²) in [5.41, 5.74) is 6.81. The van der Waals surface area contributed by atoms with Crippen molar-refractivity contribution in [1.82, 2.24) is 0 Å². The lowest BCUT2D eigenvalue weighted by Gasteiger charge is -2.00. The molecule has 1 aromatic rings. The van der Waals surface area contributed by atoms with Gasteiger partial charge in [-0.1, -0.05) is 17.7 Å². The highest BCUT2D eigenvalue weighted by Gasteiger charge is 2.34. The van der Waals surface area contributed by atoms with Gasteiger partial charge in [-0.25, -0.2) is 0 Å². The second-order valence-electron chi connectivity index (χ2n) is 3.22. The van der Waals surface area contributed by atoms with E-state index in [1.54, 1.807) is 12.1 Å². The Balaban J connectivity index is 2.29. The van der Waals surface area contributed by atoms with Crippen molar-refractivity contribution in [3.63, 3.8) is 0 Å². The largest absolute Gasteiger partial charge is 0.506 e. The molecule has 2 nitrogen and oxygen atoms in total. The third-order valence-electron chi connectivity index (χ3n) is 2.24. The van der Waals surface area contributed by atoms with E-state index in [9.17, 15) is 0 Å². The first-order valence-corrected chi connectivity index (χ1v) is 4.30. The van der Waals surface area contributed by atoms with Gasteiger partial charge in [0.15, 0.2) is 0 Å². The second kappa shape index (κ2) is 2.64. The van der Waals surface area contributed by atoms with E-state index in [1.165, 1.54) is 0 Å². The molecule has 0 radical (unpaired) electrons. The molecule has 0 aliphatic heterocycles. The fraction of sp³-hybridized carbons (Fsp3) is 0.333. The molecule has 64 valence electrons. The molecule has 0 spiro atoms. The average Bonchev–Trinajstić information content (AvgIpc) is 2.73. The standard InChI is InChI=1S/C9H10ClNO/c10-7-3-5(1-2-9(7)12)6-4-8(6)11/h1-3,6,8,12H,4,11H2. The Hall–Kier alpha value is -0.730. The van der Waals surface area contributed by atoms with Crippen molar-refractivity contribution in [3.05, 3.63) is 28.8 Å². The monoisotopic (exact) mass is 183 g/mol. The number of rotatable bonds is 1. The van der Waals surface area contributed by atoms with Crippen LogP contribution in [0, 0.1) is 0 Å². The van der Waals surface area contributed by atoms with Crippen molar-refractivity contribution >= 4 is 11.6 Å². The molecule has 2 unspecified atom stereocenters. The molecule has 1 aromatic carbocycles. The quantitative estimate of drug-likeness (QED) is 0.698. The van der Waals surface area contributed by atoms with E-state index >= 15 is 0 Å². The summed E-state index contributed by atoms with van der Waals surface area (Å²) in [5.74, 6) is 0.581. The highest BCUT2D eigenvalue weighted by Crippen LogP contribution is 2.40. The van der Waals surface area contributed by atoms with Gasteiger partial charge in [-0.15, -0.1) is 0 Å². The van der Waals surface area contributed by atoms with Crippen LogP contribution in [0.5, 0.6) is 5.75 Å². The van der Waals surface area contributed by atoms with E-state index in [-0.39, 0.29) is 11.8 Å². The number of phenolic OH excluding ortho intramolecular Hbond substituents is 1. The number of hydrogen-bond acceptors (Lipinski definition) is 2. The third kappa shape index (κ3) is 1.28. The summed E-state index contributed by atoms with van der Waals surface area (Å²) >= 11 is 5.74. The van der Waals surface area contributed by atoms with Gasteiger partial charge in [-0.2, -0.15) is 0 Å². The molecule has 1 aliphatic carbocycles. The molecule has 2 atom stereocenters.